The quantitative estimate of drug-likeness (QED) is 0.600. The summed E-state index contributed by atoms with van der Waals surface area (Å²) >= 11 is 0. The fraction of sp³-hybridized carbons (Fsp3) is 0.400. The second kappa shape index (κ2) is 4.25. The smallest absolute Gasteiger partial charge is 0.163 e. The van der Waals surface area contributed by atoms with E-state index >= 15 is 0 Å². The molecule has 0 N–H and O–H groups in total. The fourth-order valence-electron chi connectivity index (χ4n) is 2.02. The van der Waals surface area contributed by atoms with E-state index in [0.717, 1.165) is 24.0 Å². The van der Waals surface area contributed by atoms with Crippen LogP contribution in [0.5, 0.6) is 0 Å². The summed E-state index contributed by atoms with van der Waals surface area (Å²) in [6, 6.07) is 0. The largest absolute Gasteiger partial charge is 0.294 e. The number of Topliss-reactive ketones (excluding diaryl/α,β-unsaturated/α-hetero) is 1. The molecule has 0 aromatic rings. The maximum absolute atomic E-state index is 12.1. The van der Waals surface area contributed by atoms with Crippen LogP contribution in [0.3, 0.4) is 0 Å². The number of carbonyl (C=O) groups is 1. The van der Waals surface area contributed by atoms with E-state index in [0.29, 0.717) is 6.42 Å². The molecule has 0 radical (unpaired) electrons. The molecule has 0 amide bonds. The lowest BCUT2D eigenvalue weighted by Crippen LogP contribution is -2.15. The number of fused-ring (bicyclic) bond motifs is 1. The highest BCUT2D eigenvalue weighted by Crippen LogP contribution is 2.31. The summed E-state index contributed by atoms with van der Waals surface area (Å²) in [7, 11) is 0. The summed E-state index contributed by atoms with van der Waals surface area (Å²) in [4.78, 5) is 12.1. The Morgan fingerprint density at radius 3 is 2.94 bits per heavy atom. The number of ketones is 1. The number of hydrogen-bond acceptors (Lipinski definition) is 1. The molecule has 0 unspecified atom stereocenters. The molecule has 2 aliphatic carbocycles. The first-order valence-corrected chi connectivity index (χ1v) is 5.88. The molecule has 1 heteroatoms. The van der Waals surface area contributed by atoms with Gasteiger partial charge in [0.15, 0.2) is 5.78 Å². The van der Waals surface area contributed by atoms with Gasteiger partial charge in [0.05, 0.1) is 0 Å². The van der Waals surface area contributed by atoms with Gasteiger partial charge in [-0.25, -0.2) is 0 Å². The molecular formula is C15H18O. The van der Waals surface area contributed by atoms with Gasteiger partial charge in [-0.15, -0.1) is 0 Å². The maximum atomic E-state index is 12.1. The predicted octanol–water partition coefficient (Wildman–Crippen LogP) is 3.74. The monoisotopic (exact) mass is 214 g/mol. The number of allylic oxidation sites excluding steroid dienone is 8. The first kappa shape index (κ1) is 11.1. The van der Waals surface area contributed by atoms with E-state index in [4.69, 9.17) is 0 Å². The highest BCUT2D eigenvalue weighted by atomic mass is 16.1. The number of rotatable bonds is 0. The van der Waals surface area contributed by atoms with E-state index < -0.39 is 0 Å². The molecule has 0 aromatic carbocycles. The van der Waals surface area contributed by atoms with Gasteiger partial charge >= 0.3 is 0 Å². The Balaban J connectivity index is 2.42. The molecule has 0 fully saturated rings. The van der Waals surface area contributed by atoms with Gasteiger partial charge in [-0.1, -0.05) is 50.3 Å². The van der Waals surface area contributed by atoms with Crippen molar-refractivity contribution in [3.05, 3.63) is 47.6 Å². The second-order valence-corrected chi connectivity index (χ2v) is 5.15. The first-order chi connectivity index (χ1) is 7.58. The summed E-state index contributed by atoms with van der Waals surface area (Å²) in [5.41, 5.74) is 2.09. The highest BCUT2D eigenvalue weighted by Gasteiger charge is 2.22. The number of hydrogen-bond donors (Lipinski definition) is 0. The van der Waals surface area contributed by atoms with Crippen LogP contribution in [0.15, 0.2) is 47.6 Å². The minimum atomic E-state index is 0.127. The minimum Gasteiger partial charge on any atom is -0.294 e. The van der Waals surface area contributed by atoms with Crippen LogP contribution in [0.4, 0.5) is 0 Å². The molecular weight excluding hydrogens is 196 g/mol. The van der Waals surface area contributed by atoms with E-state index in [-0.39, 0.29) is 11.2 Å². The van der Waals surface area contributed by atoms with Gasteiger partial charge in [0.25, 0.3) is 0 Å². The Morgan fingerprint density at radius 1 is 1.31 bits per heavy atom. The molecule has 0 aromatic heterocycles. The summed E-state index contributed by atoms with van der Waals surface area (Å²) in [6.45, 7) is 4.36. The van der Waals surface area contributed by atoms with Gasteiger partial charge in [-0.3, -0.25) is 4.79 Å². The van der Waals surface area contributed by atoms with Crippen molar-refractivity contribution >= 4 is 5.78 Å². The average Bonchev–Trinajstić information content (AvgIpc) is 2.47. The van der Waals surface area contributed by atoms with E-state index in [9.17, 15) is 4.79 Å². The normalized spacial score (nSPS) is 25.8. The van der Waals surface area contributed by atoms with Crippen LogP contribution in [0.1, 0.15) is 33.1 Å². The Hall–Kier alpha value is -1.37. The highest BCUT2D eigenvalue weighted by molar-refractivity contribution is 6.00. The molecule has 0 aliphatic heterocycles. The van der Waals surface area contributed by atoms with Crippen LogP contribution in [-0.2, 0) is 4.79 Å². The van der Waals surface area contributed by atoms with Gasteiger partial charge < -0.3 is 0 Å². The molecule has 84 valence electrons. The van der Waals surface area contributed by atoms with Crippen molar-refractivity contribution in [1.29, 1.82) is 0 Å². The fourth-order valence-corrected chi connectivity index (χ4v) is 2.02. The van der Waals surface area contributed by atoms with Crippen molar-refractivity contribution in [3.63, 3.8) is 0 Å². The van der Waals surface area contributed by atoms with Crippen molar-refractivity contribution in [2.45, 2.75) is 33.1 Å². The zero-order valence-electron chi connectivity index (χ0n) is 9.99. The van der Waals surface area contributed by atoms with Crippen LogP contribution in [-0.4, -0.2) is 5.78 Å². The third-order valence-electron chi connectivity index (χ3n) is 3.19. The Bertz CT molecular complexity index is 417. The van der Waals surface area contributed by atoms with Gasteiger partial charge in [-0.2, -0.15) is 0 Å². The van der Waals surface area contributed by atoms with Gasteiger partial charge in [0.1, 0.15) is 0 Å². The lowest BCUT2D eigenvalue weighted by atomic mass is 9.81. The molecule has 2 aliphatic rings. The standard InChI is InChI=1S/C15H18O/c1-15(2)10-8-12-6-4-3-5-7-13(12)14(16)9-11-15/h3,5-8,10H,4,9,11H2,1-2H3/b10-8+. The van der Waals surface area contributed by atoms with E-state index in [2.05, 4.69) is 38.2 Å². The maximum Gasteiger partial charge on any atom is 0.163 e. The van der Waals surface area contributed by atoms with E-state index in [1.54, 1.807) is 0 Å². The topological polar surface area (TPSA) is 17.1 Å². The summed E-state index contributed by atoms with van der Waals surface area (Å²) in [5, 5.41) is 0. The first-order valence-electron chi connectivity index (χ1n) is 5.88. The third kappa shape index (κ3) is 2.41. The SMILES string of the molecule is CC1(C)/C=C/C2=CCC=CC=C2C(=O)CC1. The lowest BCUT2D eigenvalue weighted by molar-refractivity contribution is -0.115. The van der Waals surface area contributed by atoms with Crippen LogP contribution in [0.25, 0.3) is 0 Å². The summed E-state index contributed by atoms with van der Waals surface area (Å²) in [5.74, 6) is 0.273. The zero-order chi connectivity index (χ0) is 11.6. The molecule has 2 rings (SSSR count). The molecule has 0 atom stereocenters. The minimum absolute atomic E-state index is 0.127. The Kier molecular flexibility index (Phi) is 2.95. The van der Waals surface area contributed by atoms with E-state index in [1.165, 1.54) is 0 Å². The predicted molar refractivity (Wildman–Crippen MR) is 67.1 cm³/mol. The van der Waals surface area contributed by atoms with E-state index in [1.807, 2.05) is 12.2 Å². The van der Waals surface area contributed by atoms with Crippen molar-refractivity contribution < 1.29 is 4.79 Å². The van der Waals surface area contributed by atoms with Gasteiger partial charge in [0.2, 0.25) is 0 Å². The summed E-state index contributed by atoms with van der Waals surface area (Å²) < 4.78 is 0. The van der Waals surface area contributed by atoms with Gasteiger partial charge in [-0.05, 0) is 23.8 Å². The van der Waals surface area contributed by atoms with Crippen molar-refractivity contribution in [3.8, 4) is 0 Å². The molecule has 0 bridgehead atoms. The van der Waals surface area contributed by atoms with Crippen molar-refractivity contribution in [1.82, 2.24) is 0 Å². The van der Waals surface area contributed by atoms with Gasteiger partial charge in [0, 0.05) is 12.0 Å². The lowest BCUT2D eigenvalue weighted by Gasteiger charge is -2.23. The second-order valence-electron chi connectivity index (χ2n) is 5.15. The molecule has 0 saturated heterocycles. The Morgan fingerprint density at radius 2 is 2.12 bits per heavy atom. The zero-order valence-corrected chi connectivity index (χ0v) is 9.99. The van der Waals surface area contributed by atoms with Crippen molar-refractivity contribution in [2.75, 3.05) is 0 Å². The summed E-state index contributed by atoms with van der Waals surface area (Å²) in [6.07, 6.45) is 15.0. The molecule has 0 saturated carbocycles. The third-order valence-corrected chi connectivity index (χ3v) is 3.19. The molecule has 1 nitrogen and oxygen atoms in total. The average molecular weight is 214 g/mol. The molecule has 0 spiro atoms. The van der Waals surface area contributed by atoms with Crippen LogP contribution >= 0.6 is 0 Å². The van der Waals surface area contributed by atoms with Crippen LogP contribution in [0, 0.1) is 5.41 Å². The Labute approximate surface area is 97.2 Å². The molecule has 0 heterocycles. The van der Waals surface area contributed by atoms with Crippen molar-refractivity contribution in [2.24, 2.45) is 5.41 Å². The molecule has 16 heavy (non-hydrogen) atoms. The van der Waals surface area contributed by atoms with Crippen LogP contribution < -0.4 is 0 Å². The van der Waals surface area contributed by atoms with Crippen LogP contribution in [0.2, 0.25) is 0 Å². The number of carbonyl (C=O) groups excluding carboxylic acids is 1.